The zero-order chi connectivity index (χ0) is 17.6. The average Bonchev–Trinajstić information content (AvgIpc) is 3.49. The van der Waals surface area contributed by atoms with Crippen molar-refractivity contribution in [2.75, 3.05) is 19.8 Å². The minimum atomic E-state index is -0.163. The van der Waals surface area contributed by atoms with E-state index in [2.05, 4.69) is 13.8 Å². The predicted molar refractivity (Wildman–Crippen MR) is 99.1 cm³/mol. The Hall–Kier alpha value is -2.04. The number of epoxide rings is 1. The van der Waals surface area contributed by atoms with Crippen molar-refractivity contribution in [2.24, 2.45) is 11.7 Å². The number of nitrogens with two attached hydrogens (primary N) is 1. The lowest BCUT2D eigenvalue weighted by atomic mass is 9.99. The summed E-state index contributed by atoms with van der Waals surface area (Å²) in [6.07, 6.45) is 1.39. The Morgan fingerprint density at radius 2 is 1.52 bits per heavy atom. The zero-order valence-corrected chi connectivity index (χ0v) is 15.0. The van der Waals surface area contributed by atoms with Crippen molar-refractivity contribution in [1.82, 2.24) is 0 Å². The van der Waals surface area contributed by atoms with Gasteiger partial charge < -0.3 is 19.9 Å². The molecular formula is C21H27NO3. The Morgan fingerprint density at radius 1 is 1.00 bits per heavy atom. The molecule has 4 heteroatoms. The van der Waals surface area contributed by atoms with Gasteiger partial charge in [-0.2, -0.15) is 0 Å². The smallest absolute Gasteiger partial charge is 0.119 e. The van der Waals surface area contributed by atoms with Gasteiger partial charge in [-0.15, -0.1) is 0 Å². The van der Waals surface area contributed by atoms with Crippen LogP contribution in [-0.2, 0) is 4.74 Å². The highest BCUT2D eigenvalue weighted by Crippen LogP contribution is 2.24. The molecule has 0 bridgehead atoms. The number of benzene rings is 2. The maximum absolute atomic E-state index is 6.39. The first-order valence-corrected chi connectivity index (χ1v) is 8.98. The molecule has 0 aliphatic carbocycles. The molecule has 0 aromatic heterocycles. The Kier molecular flexibility index (Phi) is 5.95. The van der Waals surface area contributed by atoms with E-state index in [9.17, 15) is 0 Å². The summed E-state index contributed by atoms with van der Waals surface area (Å²) in [5.41, 5.74) is 8.52. The second-order valence-electron chi connectivity index (χ2n) is 6.71. The van der Waals surface area contributed by atoms with Gasteiger partial charge in [-0.05, 0) is 41.3 Å². The van der Waals surface area contributed by atoms with Crippen LogP contribution < -0.4 is 15.2 Å². The standard InChI is InChI=1S/C21H27NO3/c1-3-15(2)12-23-18-8-4-16(5-9-18)21(22)17-6-10-19(11-7-17)24-13-20-14-25-20/h4-11,15,20-21H,3,12-14,22H2,1-2H3. The molecule has 0 spiro atoms. The van der Waals surface area contributed by atoms with Crippen LogP contribution in [0.3, 0.4) is 0 Å². The monoisotopic (exact) mass is 341 g/mol. The molecule has 1 heterocycles. The molecule has 2 N–H and O–H groups in total. The molecule has 25 heavy (non-hydrogen) atoms. The van der Waals surface area contributed by atoms with Gasteiger partial charge >= 0.3 is 0 Å². The summed E-state index contributed by atoms with van der Waals surface area (Å²) in [5.74, 6) is 2.30. The minimum absolute atomic E-state index is 0.163. The first-order valence-electron chi connectivity index (χ1n) is 8.98. The molecule has 0 radical (unpaired) electrons. The van der Waals surface area contributed by atoms with Gasteiger partial charge in [-0.25, -0.2) is 0 Å². The first-order chi connectivity index (χ1) is 12.2. The van der Waals surface area contributed by atoms with Gasteiger partial charge in [0.15, 0.2) is 0 Å². The van der Waals surface area contributed by atoms with E-state index in [0.29, 0.717) is 12.5 Å². The van der Waals surface area contributed by atoms with Crippen molar-refractivity contribution in [3.05, 3.63) is 59.7 Å². The van der Waals surface area contributed by atoms with Crippen molar-refractivity contribution < 1.29 is 14.2 Å². The van der Waals surface area contributed by atoms with Crippen LogP contribution >= 0.6 is 0 Å². The third kappa shape index (κ3) is 5.21. The molecule has 1 fully saturated rings. The maximum Gasteiger partial charge on any atom is 0.119 e. The van der Waals surface area contributed by atoms with E-state index in [1.807, 2.05) is 48.5 Å². The van der Waals surface area contributed by atoms with Crippen molar-refractivity contribution in [1.29, 1.82) is 0 Å². The van der Waals surface area contributed by atoms with Crippen LogP contribution in [0.1, 0.15) is 37.4 Å². The van der Waals surface area contributed by atoms with Gasteiger partial charge in [0, 0.05) is 0 Å². The predicted octanol–water partition coefficient (Wildman–Crippen LogP) is 3.94. The molecule has 1 aliphatic rings. The third-order valence-corrected chi connectivity index (χ3v) is 4.55. The molecule has 3 rings (SSSR count). The van der Waals surface area contributed by atoms with Crippen LogP contribution in [0.25, 0.3) is 0 Å². The fourth-order valence-corrected chi connectivity index (χ4v) is 2.45. The summed E-state index contributed by atoms with van der Waals surface area (Å²) in [7, 11) is 0. The Morgan fingerprint density at radius 3 is 2.00 bits per heavy atom. The molecule has 1 saturated heterocycles. The van der Waals surface area contributed by atoms with Crippen LogP contribution in [0.5, 0.6) is 11.5 Å². The lowest BCUT2D eigenvalue weighted by molar-refractivity contribution is 0.256. The Labute approximate surface area is 149 Å². The molecule has 3 atom stereocenters. The number of rotatable bonds is 9. The van der Waals surface area contributed by atoms with E-state index in [4.69, 9.17) is 19.9 Å². The molecule has 134 valence electrons. The van der Waals surface area contributed by atoms with Gasteiger partial charge in [-0.1, -0.05) is 44.5 Å². The van der Waals surface area contributed by atoms with Crippen LogP contribution in [0.4, 0.5) is 0 Å². The zero-order valence-electron chi connectivity index (χ0n) is 15.0. The van der Waals surface area contributed by atoms with E-state index in [0.717, 1.165) is 42.3 Å². The summed E-state index contributed by atoms with van der Waals surface area (Å²) >= 11 is 0. The number of ether oxygens (including phenoxy) is 3. The van der Waals surface area contributed by atoms with Crippen molar-refractivity contribution in [3.63, 3.8) is 0 Å². The van der Waals surface area contributed by atoms with Gasteiger partial charge in [0.2, 0.25) is 0 Å². The molecule has 4 nitrogen and oxygen atoms in total. The van der Waals surface area contributed by atoms with Gasteiger partial charge in [0.25, 0.3) is 0 Å². The molecule has 1 aliphatic heterocycles. The van der Waals surface area contributed by atoms with Crippen LogP contribution in [0.2, 0.25) is 0 Å². The largest absolute Gasteiger partial charge is 0.493 e. The summed E-state index contributed by atoms with van der Waals surface area (Å²) in [6.45, 7) is 6.53. The molecule has 3 unspecified atom stereocenters. The lowest BCUT2D eigenvalue weighted by Gasteiger charge is -2.15. The topological polar surface area (TPSA) is 57.0 Å². The number of hydrogen-bond acceptors (Lipinski definition) is 4. The fourth-order valence-electron chi connectivity index (χ4n) is 2.45. The quantitative estimate of drug-likeness (QED) is 0.702. The molecule has 2 aromatic rings. The fraction of sp³-hybridized carbons (Fsp3) is 0.429. The third-order valence-electron chi connectivity index (χ3n) is 4.55. The second kappa shape index (κ2) is 8.37. The van der Waals surface area contributed by atoms with E-state index >= 15 is 0 Å². The van der Waals surface area contributed by atoms with E-state index < -0.39 is 0 Å². The highest BCUT2D eigenvalue weighted by atomic mass is 16.6. The van der Waals surface area contributed by atoms with Crippen LogP contribution in [0.15, 0.2) is 48.5 Å². The summed E-state index contributed by atoms with van der Waals surface area (Å²) < 4.78 is 16.6. The van der Waals surface area contributed by atoms with Crippen molar-refractivity contribution in [3.8, 4) is 11.5 Å². The summed E-state index contributed by atoms with van der Waals surface area (Å²) in [5, 5.41) is 0. The van der Waals surface area contributed by atoms with Gasteiger partial charge in [-0.3, -0.25) is 0 Å². The normalized spacial score (nSPS) is 18.4. The van der Waals surface area contributed by atoms with Crippen LogP contribution in [0, 0.1) is 5.92 Å². The molecule has 0 saturated carbocycles. The Balaban J connectivity index is 1.56. The molecular weight excluding hydrogens is 314 g/mol. The van der Waals surface area contributed by atoms with Crippen LogP contribution in [-0.4, -0.2) is 25.9 Å². The van der Waals surface area contributed by atoms with E-state index in [1.54, 1.807) is 0 Å². The van der Waals surface area contributed by atoms with Gasteiger partial charge in [0.05, 0.1) is 19.3 Å². The summed E-state index contributed by atoms with van der Waals surface area (Å²) in [4.78, 5) is 0. The molecule has 2 aromatic carbocycles. The van der Waals surface area contributed by atoms with Crippen molar-refractivity contribution >= 4 is 0 Å². The maximum atomic E-state index is 6.39. The van der Waals surface area contributed by atoms with Gasteiger partial charge in [0.1, 0.15) is 24.2 Å². The Bertz CT molecular complexity index is 650. The summed E-state index contributed by atoms with van der Waals surface area (Å²) in [6, 6.07) is 15.8. The molecule has 0 amide bonds. The second-order valence-corrected chi connectivity index (χ2v) is 6.71. The highest BCUT2D eigenvalue weighted by Gasteiger charge is 2.23. The lowest BCUT2D eigenvalue weighted by Crippen LogP contribution is -2.12. The minimum Gasteiger partial charge on any atom is -0.493 e. The first kappa shape index (κ1) is 17.8. The SMILES string of the molecule is CCC(C)COc1ccc(C(N)c2ccc(OCC3CO3)cc2)cc1. The highest BCUT2D eigenvalue weighted by molar-refractivity contribution is 5.37. The van der Waals surface area contributed by atoms with E-state index in [-0.39, 0.29) is 12.1 Å². The average molecular weight is 341 g/mol. The van der Waals surface area contributed by atoms with Crippen molar-refractivity contribution in [2.45, 2.75) is 32.4 Å². The number of hydrogen-bond donors (Lipinski definition) is 1. The van der Waals surface area contributed by atoms with E-state index in [1.165, 1.54) is 0 Å².